The second kappa shape index (κ2) is 6.22. The molecule has 21 heavy (non-hydrogen) atoms. The van der Waals surface area contributed by atoms with Crippen LogP contribution in [0.1, 0.15) is 24.0 Å². The van der Waals surface area contributed by atoms with Crippen molar-refractivity contribution in [2.75, 3.05) is 0 Å². The van der Waals surface area contributed by atoms with E-state index in [1.165, 1.54) is 11.1 Å². The van der Waals surface area contributed by atoms with Crippen LogP contribution >= 0.6 is 0 Å². The first-order valence-electron chi connectivity index (χ1n) is 7.13. The van der Waals surface area contributed by atoms with Crippen LogP contribution in [-0.4, -0.2) is 11.7 Å². The Bertz CT molecular complexity index is 674. The van der Waals surface area contributed by atoms with Gasteiger partial charge in [0, 0.05) is 5.56 Å². The van der Waals surface area contributed by atoms with E-state index in [9.17, 15) is 0 Å². The van der Waals surface area contributed by atoms with Gasteiger partial charge in [0.15, 0.2) is 0 Å². The molecule has 0 atom stereocenters. The number of nitrogens with zero attached hydrogens (tertiary/aromatic N) is 2. The summed E-state index contributed by atoms with van der Waals surface area (Å²) in [7, 11) is 0. The van der Waals surface area contributed by atoms with Crippen LogP contribution in [0, 0.1) is 0 Å². The van der Waals surface area contributed by atoms with Crippen LogP contribution in [0.5, 0.6) is 0 Å². The number of benzene rings is 2. The third kappa shape index (κ3) is 3.28. The first kappa shape index (κ1) is 13.4. The molecule has 0 radical (unpaired) electrons. The fourth-order valence-corrected chi connectivity index (χ4v) is 2.51. The lowest BCUT2D eigenvalue weighted by molar-refractivity contribution is 0.827. The van der Waals surface area contributed by atoms with Crippen molar-refractivity contribution in [1.82, 2.24) is 5.43 Å². The van der Waals surface area contributed by atoms with Gasteiger partial charge in [0.05, 0.1) is 11.4 Å². The second-order valence-electron chi connectivity index (χ2n) is 5.01. The lowest BCUT2D eigenvalue weighted by atomic mass is 9.90. The topological polar surface area (TPSA) is 62.8 Å². The van der Waals surface area contributed by atoms with E-state index in [1.54, 1.807) is 0 Å². The van der Waals surface area contributed by atoms with Crippen LogP contribution in [0.2, 0.25) is 0 Å². The van der Waals surface area contributed by atoms with Crippen molar-refractivity contribution in [2.45, 2.75) is 19.3 Å². The van der Waals surface area contributed by atoms with Gasteiger partial charge in [-0.1, -0.05) is 42.5 Å². The molecule has 0 amide bonds. The van der Waals surface area contributed by atoms with Crippen LogP contribution in [0.4, 0.5) is 5.69 Å². The van der Waals surface area contributed by atoms with Crippen molar-refractivity contribution in [1.29, 1.82) is 0 Å². The molecule has 3 rings (SSSR count). The number of rotatable bonds is 2. The highest BCUT2D eigenvalue weighted by Crippen LogP contribution is 2.21. The van der Waals surface area contributed by atoms with E-state index in [-0.39, 0.29) is 0 Å². The molecule has 0 saturated carbocycles. The fourth-order valence-electron chi connectivity index (χ4n) is 2.51. The van der Waals surface area contributed by atoms with Gasteiger partial charge in [0.1, 0.15) is 0 Å². The third-order valence-corrected chi connectivity index (χ3v) is 3.50. The standard InChI is InChI=1S/C17H18N4/c18-17(19-14-9-2-1-3-10-14)21-20-16-12-6-8-13-7-4-5-11-15(13)16/h1-5,7,9-11H,6,8,12H2,(H3,18,19,21)/b20-16-. The Morgan fingerprint density at radius 3 is 2.57 bits per heavy atom. The quantitative estimate of drug-likeness (QED) is 0.504. The van der Waals surface area contributed by atoms with Gasteiger partial charge in [0.25, 0.3) is 0 Å². The van der Waals surface area contributed by atoms with E-state index < -0.39 is 0 Å². The minimum absolute atomic E-state index is 0.303. The van der Waals surface area contributed by atoms with Gasteiger partial charge in [-0.2, -0.15) is 5.10 Å². The highest BCUT2D eigenvalue weighted by molar-refractivity contribution is 6.03. The lowest BCUT2D eigenvalue weighted by Crippen LogP contribution is -2.28. The maximum atomic E-state index is 5.87. The molecule has 1 aliphatic carbocycles. The summed E-state index contributed by atoms with van der Waals surface area (Å²) in [6.45, 7) is 0. The highest BCUT2D eigenvalue weighted by Gasteiger charge is 2.14. The summed E-state index contributed by atoms with van der Waals surface area (Å²) >= 11 is 0. The molecular weight excluding hydrogens is 260 g/mol. The lowest BCUT2D eigenvalue weighted by Gasteiger charge is -2.17. The predicted octanol–water partition coefficient (Wildman–Crippen LogP) is 2.96. The zero-order chi connectivity index (χ0) is 14.5. The van der Waals surface area contributed by atoms with E-state index in [2.05, 4.69) is 33.7 Å². The molecular formula is C17H18N4. The van der Waals surface area contributed by atoms with Gasteiger partial charge in [0.2, 0.25) is 5.96 Å². The van der Waals surface area contributed by atoms with Crippen molar-refractivity contribution in [3.63, 3.8) is 0 Å². The van der Waals surface area contributed by atoms with E-state index in [0.29, 0.717) is 5.96 Å². The normalized spacial score (nSPS) is 16.6. The molecule has 106 valence electrons. The van der Waals surface area contributed by atoms with Gasteiger partial charge in [-0.3, -0.25) is 0 Å². The van der Waals surface area contributed by atoms with Crippen molar-refractivity contribution in [2.24, 2.45) is 15.8 Å². The predicted molar refractivity (Wildman–Crippen MR) is 86.8 cm³/mol. The fraction of sp³-hybridized carbons (Fsp3) is 0.176. The Morgan fingerprint density at radius 1 is 0.952 bits per heavy atom. The molecule has 0 spiro atoms. The number of aliphatic imine (C=N–C) groups is 1. The van der Waals surface area contributed by atoms with Crippen molar-refractivity contribution in [3.8, 4) is 0 Å². The highest BCUT2D eigenvalue weighted by atomic mass is 15.4. The van der Waals surface area contributed by atoms with Gasteiger partial charge in [-0.25, -0.2) is 10.4 Å². The summed E-state index contributed by atoms with van der Waals surface area (Å²) in [6.07, 6.45) is 3.19. The van der Waals surface area contributed by atoms with E-state index in [0.717, 1.165) is 30.7 Å². The zero-order valence-electron chi connectivity index (χ0n) is 11.8. The molecule has 2 aromatic rings. The van der Waals surface area contributed by atoms with Gasteiger partial charge >= 0.3 is 0 Å². The number of nitrogens with one attached hydrogen (secondary N) is 1. The number of guanidine groups is 1. The Kier molecular flexibility index (Phi) is 3.96. The van der Waals surface area contributed by atoms with E-state index in [1.807, 2.05) is 36.4 Å². The largest absolute Gasteiger partial charge is 0.368 e. The summed E-state index contributed by atoms with van der Waals surface area (Å²) < 4.78 is 0. The number of fused-ring (bicyclic) bond motifs is 1. The molecule has 1 aliphatic rings. The molecule has 2 aromatic carbocycles. The molecule has 0 fully saturated rings. The average Bonchev–Trinajstić information content (AvgIpc) is 2.54. The maximum absolute atomic E-state index is 5.87. The number of para-hydroxylation sites is 1. The number of aryl methyl sites for hydroxylation is 1. The van der Waals surface area contributed by atoms with Crippen LogP contribution in [0.25, 0.3) is 0 Å². The number of hydrazone groups is 1. The molecule has 0 unspecified atom stereocenters. The monoisotopic (exact) mass is 278 g/mol. The third-order valence-electron chi connectivity index (χ3n) is 3.50. The van der Waals surface area contributed by atoms with Crippen LogP contribution in [0.3, 0.4) is 0 Å². The Labute approximate surface area is 124 Å². The number of hydrogen-bond acceptors (Lipinski definition) is 2. The summed E-state index contributed by atoms with van der Waals surface area (Å²) in [5.41, 5.74) is 13.2. The van der Waals surface area contributed by atoms with Crippen LogP contribution in [-0.2, 0) is 6.42 Å². The smallest absolute Gasteiger partial charge is 0.214 e. The van der Waals surface area contributed by atoms with E-state index in [4.69, 9.17) is 5.73 Å². The molecule has 0 bridgehead atoms. The molecule has 0 saturated heterocycles. The molecule has 0 aliphatic heterocycles. The molecule has 4 heteroatoms. The molecule has 4 nitrogen and oxygen atoms in total. The van der Waals surface area contributed by atoms with Gasteiger partial charge in [-0.05, 0) is 37.0 Å². The van der Waals surface area contributed by atoms with Crippen molar-refractivity contribution in [3.05, 3.63) is 65.7 Å². The number of hydrogen-bond donors (Lipinski definition) is 2. The summed E-state index contributed by atoms with van der Waals surface area (Å²) in [6, 6.07) is 18.0. The second-order valence-corrected chi connectivity index (χ2v) is 5.01. The minimum Gasteiger partial charge on any atom is -0.368 e. The first-order valence-corrected chi connectivity index (χ1v) is 7.13. The van der Waals surface area contributed by atoms with Crippen LogP contribution < -0.4 is 11.2 Å². The molecule has 0 aromatic heterocycles. The van der Waals surface area contributed by atoms with Crippen LogP contribution in [0.15, 0.2) is 64.7 Å². The van der Waals surface area contributed by atoms with Crippen molar-refractivity contribution >= 4 is 17.4 Å². The Hall–Kier alpha value is -2.62. The summed E-state index contributed by atoms with van der Waals surface area (Å²) in [5.74, 6) is 0.303. The van der Waals surface area contributed by atoms with Gasteiger partial charge in [-0.15, -0.1) is 0 Å². The Morgan fingerprint density at radius 2 is 1.71 bits per heavy atom. The Balaban J connectivity index is 1.77. The average molecular weight is 278 g/mol. The van der Waals surface area contributed by atoms with Gasteiger partial charge < -0.3 is 5.73 Å². The maximum Gasteiger partial charge on any atom is 0.214 e. The number of nitrogens with two attached hydrogens (primary N) is 1. The zero-order valence-corrected chi connectivity index (χ0v) is 11.8. The minimum atomic E-state index is 0.303. The summed E-state index contributed by atoms with van der Waals surface area (Å²) in [4.78, 5) is 4.28. The summed E-state index contributed by atoms with van der Waals surface area (Å²) in [5, 5.41) is 4.43. The van der Waals surface area contributed by atoms with E-state index >= 15 is 0 Å². The SMILES string of the molecule is NC(=Nc1ccccc1)N/N=C1/CCCc2ccccc21. The first-order chi connectivity index (χ1) is 10.3. The molecule has 3 N–H and O–H groups in total. The van der Waals surface area contributed by atoms with Crippen molar-refractivity contribution < 1.29 is 0 Å². The molecule has 0 heterocycles.